The number of H-pyrrole nitrogens is 1. The third kappa shape index (κ3) is 2.98. The topological polar surface area (TPSA) is 57.8 Å². The summed E-state index contributed by atoms with van der Waals surface area (Å²) in [5.74, 6) is 0.470. The molecule has 0 aliphatic heterocycles. The van der Waals surface area contributed by atoms with Gasteiger partial charge in [0.1, 0.15) is 4.47 Å². The maximum Gasteiger partial charge on any atom is 0.266 e. The van der Waals surface area contributed by atoms with Crippen molar-refractivity contribution in [3.63, 3.8) is 0 Å². The quantitative estimate of drug-likeness (QED) is 0.911. The number of aromatic nitrogens is 2. The van der Waals surface area contributed by atoms with Gasteiger partial charge in [0.2, 0.25) is 5.95 Å². The molecule has 0 saturated heterocycles. The van der Waals surface area contributed by atoms with E-state index in [0.29, 0.717) is 10.4 Å². The molecule has 0 radical (unpaired) electrons. The highest BCUT2D eigenvalue weighted by Crippen LogP contribution is 2.15. The minimum absolute atomic E-state index is 0.160. The lowest BCUT2D eigenvalue weighted by Crippen LogP contribution is -2.14. The van der Waals surface area contributed by atoms with Crippen molar-refractivity contribution in [3.8, 4) is 0 Å². The lowest BCUT2D eigenvalue weighted by molar-refractivity contribution is 0.861. The first-order chi connectivity index (χ1) is 8.70. The lowest BCUT2D eigenvalue weighted by Gasteiger charge is -2.08. The number of aryl methyl sites for hydroxylation is 1. The maximum atomic E-state index is 11.7. The fraction of sp³-hybridized carbons (Fsp3) is 0.231. The van der Waals surface area contributed by atoms with Crippen molar-refractivity contribution in [2.24, 2.45) is 0 Å². The van der Waals surface area contributed by atoms with E-state index < -0.39 is 0 Å². The Morgan fingerprint density at radius 3 is 2.72 bits per heavy atom. The summed E-state index contributed by atoms with van der Waals surface area (Å²) in [7, 11) is 0. The first kappa shape index (κ1) is 12.8. The first-order valence-electron chi connectivity index (χ1n) is 5.81. The number of aromatic amines is 1. The zero-order valence-corrected chi connectivity index (χ0v) is 11.6. The monoisotopic (exact) mass is 307 g/mol. The van der Waals surface area contributed by atoms with Gasteiger partial charge in [-0.2, -0.15) is 0 Å². The fourth-order valence-corrected chi connectivity index (χ4v) is 2.01. The molecule has 0 saturated carbocycles. The van der Waals surface area contributed by atoms with E-state index in [0.717, 1.165) is 24.2 Å². The summed E-state index contributed by atoms with van der Waals surface area (Å²) in [6, 6.07) is 9.62. The highest BCUT2D eigenvalue weighted by molar-refractivity contribution is 9.10. The van der Waals surface area contributed by atoms with Crippen molar-refractivity contribution in [2.45, 2.75) is 19.8 Å². The molecule has 0 atom stereocenters. The molecule has 2 rings (SSSR count). The Balaban J connectivity index is 2.32. The van der Waals surface area contributed by atoms with Crippen LogP contribution in [-0.4, -0.2) is 9.97 Å². The van der Waals surface area contributed by atoms with Gasteiger partial charge in [-0.25, -0.2) is 4.98 Å². The summed E-state index contributed by atoms with van der Waals surface area (Å²) < 4.78 is 0.517. The van der Waals surface area contributed by atoms with Gasteiger partial charge in [-0.3, -0.25) is 9.78 Å². The highest BCUT2D eigenvalue weighted by atomic mass is 79.9. The van der Waals surface area contributed by atoms with Gasteiger partial charge in [0.15, 0.2) is 0 Å². The average Bonchev–Trinajstić information content (AvgIpc) is 2.37. The number of para-hydroxylation sites is 1. The zero-order valence-electron chi connectivity index (χ0n) is 10.0. The third-order valence-electron chi connectivity index (χ3n) is 2.45. The summed E-state index contributed by atoms with van der Waals surface area (Å²) in [6.45, 7) is 2.06. The van der Waals surface area contributed by atoms with Crippen LogP contribution < -0.4 is 10.9 Å². The minimum atomic E-state index is -0.160. The molecule has 2 aromatic rings. The van der Waals surface area contributed by atoms with Gasteiger partial charge < -0.3 is 5.32 Å². The third-order valence-corrected chi connectivity index (χ3v) is 3.27. The van der Waals surface area contributed by atoms with Gasteiger partial charge in [0.05, 0.1) is 5.69 Å². The lowest BCUT2D eigenvalue weighted by atomic mass is 10.2. The largest absolute Gasteiger partial charge is 0.326 e. The van der Waals surface area contributed by atoms with Gasteiger partial charge in [-0.1, -0.05) is 31.5 Å². The molecule has 4 nitrogen and oxygen atoms in total. The minimum Gasteiger partial charge on any atom is -0.326 e. The van der Waals surface area contributed by atoms with Gasteiger partial charge in [-0.05, 0) is 34.5 Å². The van der Waals surface area contributed by atoms with Gasteiger partial charge in [0, 0.05) is 5.69 Å². The van der Waals surface area contributed by atoms with Crippen LogP contribution in [0.3, 0.4) is 0 Å². The van der Waals surface area contributed by atoms with Crippen LogP contribution in [0, 0.1) is 0 Å². The summed E-state index contributed by atoms with van der Waals surface area (Å²) in [4.78, 5) is 18.8. The van der Waals surface area contributed by atoms with Crippen molar-refractivity contribution in [1.82, 2.24) is 9.97 Å². The molecular formula is C13H14BrN3O. The second kappa shape index (κ2) is 5.82. The van der Waals surface area contributed by atoms with E-state index in [1.54, 1.807) is 0 Å². The van der Waals surface area contributed by atoms with Crippen LogP contribution in [0.15, 0.2) is 39.6 Å². The SMILES string of the molecule is CCCc1nc(Nc2ccccc2)[nH]c(=O)c1Br. The number of anilines is 2. The number of halogens is 1. The molecule has 0 unspecified atom stereocenters. The molecule has 5 heteroatoms. The molecule has 2 N–H and O–H groups in total. The molecule has 0 aliphatic carbocycles. The molecule has 0 aliphatic rings. The second-order valence-corrected chi connectivity index (χ2v) is 4.71. The summed E-state index contributed by atoms with van der Waals surface area (Å²) in [6.07, 6.45) is 1.72. The number of benzene rings is 1. The fourth-order valence-electron chi connectivity index (χ4n) is 1.63. The molecule has 1 heterocycles. The predicted molar refractivity (Wildman–Crippen MR) is 76.3 cm³/mol. The molecule has 0 spiro atoms. The van der Waals surface area contributed by atoms with Crippen LogP contribution in [0.25, 0.3) is 0 Å². The molecule has 94 valence electrons. The first-order valence-corrected chi connectivity index (χ1v) is 6.60. The molecule has 1 aromatic carbocycles. The molecule has 1 aromatic heterocycles. The van der Waals surface area contributed by atoms with Gasteiger partial charge in [-0.15, -0.1) is 0 Å². The summed E-state index contributed by atoms with van der Waals surface area (Å²) >= 11 is 3.27. The second-order valence-electron chi connectivity index (χ2n) is 3.92. The van der Waals surface area contributed by atoms with Crippen LogP contribution in [0.1, 0.15) is 19.0 Å². The molecular weight excluding hydrogens is 294 g/mol. The van der Waals surface area contributed by atoms with E-state index in [9.17, 15) is 4.79 Å². The van der Waals surface area contributed by atoms with E-state index in [-0.39, 0.29) is 5.56 Å². The van der Waals surface area contributed by atoms with Gasteiger partial charge in [0.25, 0.3) is 5.56 Å². The van der Waals surface area contributed by atoms with E-state index in [1.807, 2.05) is 30.3 Å². The highest BCUT2D eigenvalue weighted by Gasteiger charge is 2.08. The van der Waals surface area contributed by atoms with Crippen LogP contribution in [0.2, 0.25) is 0 Å². The van der Waals surface area contributed by atoms with Crippen molar-refractivity contribution in [1.29, 1.82) is 0 Å². The van der Waals surface area contributed by atoms with Crippen molar-refractivity contribution in [2.75, 3.05) is 5.32 Å². The molecule has 0 fully saturated rings. The summed E-state index contributed by atoms with van der Waals surface area (Å²) in [5, 5.41) is 3.08. The molecule has 18 heavy (non-hydrogen) atoms. The number of nitrogens with zero attached hydrogens (tertiary/aromatic N) is 1. The Kier molecular flexibility index (Phi) is 4.15. The average molecular weight is 308 g/mol. The predicted octanol–water partition coefficient (Wildman–Crippen LogP) is 3.23. The normalized spacial score (nSPS) is 10.3. The standard InChI is InChI=1S/C13H14BrN3O/c1-2-6-10-11(14)12(18)17-13(16-10)15-9-7-4-3-5-8-9/h3-5,7-8H,2,6H2,1H3,(H2,15,16,17,18). The maximum absolute atomic E-state index is 11.7. The van der Waals surface area contributed by atoms with Crippen molar-refractivity contribution < 1.29 is 0 Å². The van der Waals surface area contributed by atoms with Crippen molar-refractivity contribution in [3.05, 3.63) is 50.9 Å². The summed E-state index contributed by atoms with van der Waals surface area (Å²) in [5.41, 5.74) is 1.51. The Bertz CT molecular complexity index is 581. The van der Waals surface area contributed by atoms with Crippen LogP contribution in [-0.2, 0) is 6.42 Å². The molecule has 0 bridgehead atoms. The Hall–Kier alpha value is -1.62. The zero-order chi connectivity index (χ0) is 13.0. The number of nitrogens with one attached hydrogen (secondary N) is 2. The Morgan fingerprint density at radius 2 is 2.06 bits per heavy atom. The van der Waals surface area contributed by atoms with E-state index in [2.05, 4.69) is 38.1 Å². The van der Waals surface area contributed by atoms with Gasteiger partial charge >= 0.3 is 0 Å². The van der Waals surface area contributed by atoms with E-state index in [4.69, 9.17) is 0 Å². The Morgan fingerprint density at radius 1 is 1.33 bits per heavy atom. The molecule has 0 amide bonds. The van der Waals surface area contributed by atoms with Crippen LogP contribution >= 0.6 is 15.9 Å². The van der Waals surface area contributed by atoms with E-state index in [1.165, 1.54) is 0 Å². The number of hydrogen-bond donors (Lipinski definition) is 2. The van der Waals surface area contributed by atoms with Crippen LogP contribution in [0.4, 0.5) is 11.6 Å². The van der Waals surface area contributed by atoms with Crippen molar-refractivity contribution >= 4 is 27.6 Å². The van der Waals surface area contributed by atoms with Crippen LogP contribution in [0.5, 0.6) is 0 Å². The Labute approximate surface area is 114 Å². The van der Waals surface area contributed by atoms with E-state index >= 15 is 0 Å². The number of hydrogen-bond acceptors (Lipinski definition) is 3. The smallest absolute Gasteiger partial charge is 0.266 e. The number of rotatable bonds is 4.